The van der Waals surface area contributed by atoms with Gasteiger partial charge in [0.1, 0.15) is 18.3 Å². The van der Waals surface area contributed by atoms with E-state index in [1.807, 2.05) is 36.4 Å². The number of carbonyl (C=O) groups is 3. The summed E-state index contributed by atoms with van der Waals surface area (Å²) in [6.45, 7) is 0.0804. The monoisotopic (exact) mass is 516 g/mol. The summed E-state index contributed by atoms with van der Waals surface area (Å²) in [6.07, 6.45) is 1.66. The molecule has 3 aromatic carbocycles. The lowest BCUT2D eigenvalue weighted by molar-refractivity contribution is -0.144. The van der Waals surface area contributed by atoms with Crippen LogP contribution in [-0.2, 0) is 22.4 Å². The van der Waals surface area contributed by atoms with Gasteiger partial charge in [0, 0.05) is 42.9 Å². The second kappa shape index (κ2) is 12.5. The van der Waals surface area contributed by atoms with Gasteiger partial charge in [-0.2, -0.15) is 0 Å². The zero-order valence-corrected chi connectivity index (χ0v) is 21.5. The third kappa shape index (κ3) is 6.10. The number of fused-ring (bicyclic) bond motifs is 1. The molecule has 1 amide bonds. The normalized spacial score (nSPS) is 14.5. The number of aldehydes is 1. The average Bonchev–Trinajstić information content (AvgIpc) is 3.38. The number of carboxylic acids is 1. The Balaban J connectivity index is 1.58. The fourth-order valence-electron chi connectivity index (χ4n) is 5.03. The number of carbonyl (C=O) groups excluding carboxylic acids is 2. The smallest absolute Gasteiger partial charge is 0.309 e. The molecule has 0 heterocycles. The minimum atomic E-state index is -1.02. The number of benzene rings is 3. The Morgan fingerprint density at radius 3 is 2.21 bits per heavy atom. The van der Waals surface area contributed by atoms with Crippen molar-refractivity contribution in [2.75, 3.05) is 27.3 Å². The van der Waals surface area contributed by atoms with Crippen LogP contribution in [0.25, 0.3) is 0 Å². The number of nitrogens with one attached hydrogen (secondary N) is 1. The molecule has 198 valence electrons. The molecule has 0 radical (unpaired) electrons. The van der Waals surface area contributed by atoms with Gasteiger partial charge < -0.3 is 19.9 Å². The molecule has 8 nitrogen and oxygen atoms in total. The Morgan fingerprint density at radius 2 is 1.63 bits per heavy atom. The fraction of sp³-hybridized carbons (Fsp3) is 0.300. The van der Waals surface area contributed by atoms with Crippen LogP contribution in [0.5, 0.6) is 5.75 Å². The first kappa shape index (κ1) is 27.0. The van der Waals surface area contributed by atoms with Gasteiger partial charge in [-0.05, 0) is 42.2 Å². The van der Waals surface area contributed by atoms with E-state index >= 15 is 0 Å². The van der Waals surface area contributed by atoms with Gasteiger partial charge in [-0.15, -0.1) is 0 Å². The van der Waals surface area contributed by atoms with E-state index in [2.05, 4.69) is 22.3 Å². The van der Waals surface area contributed by atoms with Gasteiger partial charge >= 0.3 is 5.97 Å². The lowest BCUT2D eigenvalue weighted by Gasteiger charge is -2.37. The summed E-state index contributed by atoms with van der Waals surface area (Å²) in [4.78, 5) is 38.1. The summed E-state index contributed by atoms with van der Waals surface area (Å²) in [5.41, 5.74) is 4.08. The number of ether oxygens (including phenoxy) is 2. The first-order valence-electron chi connectivity index (χ1n) is 12.5. The van der Waals surface area contributed by atoms with Crippen molar-refractivity contribution in [3.63, 3.8) is 0 Å². The van der Waals surface area contributed by atoms with Crippen LogP contribution in [0.2, 0.25) is 0 Å². The van der Waals surface area contributed by atoms with Gasteiger partial charge in [0.15, 0.2) is 0 Å². The average molecular weight is 517 g/mol. The van der Waals surface area contributed by atoms with Crippen molar-refractivity contribution in [2.24, 2.45) is 5.92 Å². The van der Waals surface area contributed by atoms with Crippen LogP contribution in [0, 0.1) is 5.92 Å². The number of nitrogens with zero attached hydrogens (tertiary/aromatic N) is 1. The minimum absolute atomic E-state index is 0.00398. The molecule has 0 saturated carbocycles. The highest BCUT2D eigenvalue weighted by atomic mass is 16.5. The number of carboxylic acid groups (broad SMARTS) is 1. The number of hydrogen-bond acceptors (Lipinski definition) is 6. The van der Waals surface area contributed by atoms with Crippen molar-refractivity contribution in [3.05, 3.63) is 101 Å². The standard InChI is InChI=1S/C30H32N2O6/c1-37-27-10-6-5-9-26(27)29(38-2)32(25-15-22-7-3-4-8-23(22)16-25)18-24(30(35)36)17-31-28(34)21-13-11-20(19-33)12-14-21/h3-14,19,24-25,29H,15-18H2,1-2H3,(H,31,34)(H,35,36). The molecular formula is C30H32N2O6. The van der Waals surface area contributed by atoms with Crippen molar-refractivity contribution in [2.45, 2.75) is 25.1 Å². The first-order valence-corrected chi connectivity index (χ1v) is 12.5. The van der Waals surface area contributed by atoms with Crippen LogP contribution in [0.3, 0.4) is 0 Å². The molecule has 0 spiro atoms. The Morgan fingerprint density at radius 1 is 1.00 bits per heavy atom. The molecule has 0 aromatic heterocycles. The van der Waals surface area contributed by atoms with Crippen molar-refractivity contribution in [3.8, 4) is 5.75 Å². The van der Waals surface area contributed by atoms with E-state index in [1.165, 1.54) is 11.1 Å². The van der Waals surface area contributed by atoms with Crippen molar-refractivity contribution in [1.82, 2.24) is 10.2 Å². The Kier molecular flexibility index (Phi) is 8.89. The lowest BCUT2D eigenvalue weighted by atomic mass is 10.0. The maximum absolute atomic E-state index is 12.7. The van der Waals surface area contributed by atoms with E-state index in [-0.39, 0.29) is 19.1 Å². The number of rotatable bonds is 12. The van der Waals surface area contributed by atoms with Crippen LogP contribution in [-0.4, -0.2) is 61.5 Å². The van der Waals surface area contributed by atoms with E-state index in [0.717, 1.165) is 18.4 Å². The quantitative estimate of drug-likeness (QED) is 0.279. The molecule has 3 aromatic rings. The van der Waals surface area contributed by atoms with Crippen molar-refractivity contribution >= 4 is 18.2 Å². The molecule has 2 atom stereocenters. The van der Waals surface area contributed by atoms with Crippen LogP contribution in [0.15, 0.2) is 72.8 Å². The summed E-state index contributed by atoms with van der Waals surface area (Å²) >= 11 is 0. The molecule has 8 heteroatoms. The van der Waals surface area contributed by atoms with Gasteiger partial charge in [0.05, 0.1) is 13.0 Å². The molecule has 2 unspecified atom stereocenters. The topological polar surface area (TPSA) is 105 Å². The fourth-order valence-corrected chi connectivity index (χ4v) is 5.03. The number of methoxy groups -OCH3 is 2. The zero-order valence-electron chi connectivity index (χ0n) is 21.5. The molecule has 0 bridgehead atoms. The Hall–Kier alpha value is -4.01. The molecule has 0 fully saturated rings. The van der Waals surface area contributed by atoms with E-state index in [1.54, 1.807) is 38.5 Å². The second-order valence-corrected chi connectivity index (χ2v) is 9.34. The highest BCUT2D eigenvalue weighted by molar-refractivity contribution is 5.95. The van der Waals surface area contributed by atoms with Gasteiger partial charge in [0.25, 0.3) is 5.91 Å². The van der Waals surface area contributed by atoms with Crippen LogP contribution >= 0.6 is 0 Å². The van der Waals surface area contributed by atoms with E-state index in [9.17, 15) is 19.5 Å². The highest BCUT2D eigenvalue weighted by Crippen LogP contribution is 2.36. The second-order valence-electron chi connectivity index (χ2n) is 9.34. The highest BCUT2D eigenvalue weighted by Gasteiger charge is 2.36. The molecule has 2 N–H and O–H groups in total. The number of hydrogen-bond donors (Lipinski definition) is 2. The molecule has 1 aliphatic rings. The largest absolute Gasteiger partial charge is 0.496 e. The molecule has 4 rings (SSSR count). The number of amides is 1. The lowest BCUT2D eigenvalue weighted by Crippen LogP contribution is -2.47. The molecule has 0 saturated heterocycles. The maximum Gasteiger partial charge on any atom is 0.309 e. The summed E-state index contributed by atoms with van der Waals surface area (Å²) in [5, 5.41) is 12.9. The van der Waals surface area contributed by atoms with E-state index in [0.29, 0.717) is 23.2 Å². The predicted molar refractivity (Wildman–Crippen MR) is 142 cm³/mol. The molecule has 1 aliphatic carbocycles. The van der Waals surface area contributed by atoms with Crippen LogP contribution in [0.4, 0.5) is 0 Å². The Bertz CT molecular complexity index is 1250. The summed E-state index contributed by atoms with van der Waals surface area (Å²) in [7, 11) is 3.20. The van der Waals surface area contributed by atoms with Crippen LogP contribution in [0.1, 0.15) is 43.6 Å². The summed E-state index contributed by atoms with van der Waals surface area (Å²) < 4.78 is 11.6. The van der Waals surface area contributed by atoms with Gasteiger partial charge in [0.2, 0.25) is 0 Å². The summed E-state index contributed by atoms with van der Waals surface area (Å²) in [5.74, 6) is -1.67. The number of para-hydroxylation sites is 1. The van der Waals surface area contributed by atoms with Gasteiger partial charge in [-0.1, -0.05) is 54.6 Å². The molecular weight excluding hydrogens is 484 g/mol. The van der Waals surface area contributed by atoms with E-state index in [4.69, 9.17) is 9.47 Å². The third-order valence-electron chi connectivity index (χ3n) is 7.03. The predicted octanol–water partition coefficient (Wildman–Crippen LogP) is 3.75. The SMILES string of the molecule is COc1ccccc1C(OC)N(CC(CNC(=O)c1ccc(C=O)cc1)C(=O)O)C1Cc2ccccc2C1. The van der Waals surface area contributed by atoms with Gasteiger partial charge in [-0.3, -0.25) is 19.3 Å². The minimum Gasteiger partial charge on any atom is -0.496 e. The zero-order chi connectivity index (χ0) is 27.1. The summed E-state index contributed by atoms with van der Waals surface area (Å²) in [6, 6.07) is 21.9. The number of aliphatic carboxylic acids is 1. The van der Waals surface area contributed by atoms with Crippen molar-refractivity contribution < 1.29 is 29.0 Å². The van der Waals surface area contributed by atoms with E-state index < -0.39 is 24.0 Å². The Labute approximate surface area is 222 Å². The molecule has 0 aliphatic heterocycles. The van der Waals surface area contributed by atoms with Gasteiger partial charge in [-0.25, -0.2) is 0 Å². The van der Waals surface area contributed by atoms with Crippen LogP contribution < -0.4 is 10.1 Å². The third-order valence-corrected chi connectivity index (χ3v) is 7.03. The first-order chi connectivity index (χ1) is 18.4. The van der Waals surface area contributed by atoms with Crippen molar-refractivity contribution in [1.29, 1.82) is 0 Å². The maximum atomic E-state index is 12.7. The molecule has 38 heavy (non-hydrogen) atoms.